The summed E-state index contributed by atoms with van der Waals surface area (Å²) in [6.45, 7) is 6.48. The Balaban J connectivity index is 5.02. The Kier molecular flexibility index (Phi) is 6.35. The summed E-state index contributed by atoms with van der Waals surface area (Å²) in [6.07, 6.45) is 1.36. The molecule has 50 valence electrons. The lowest BCUT2D eigenvalue weighted by atomic mass is 10.7. The average Bonchev–Trinajstić information content (AvgIpc) is 2.03. The maximum Gasteiger partial charge on any atom is 0.0769 e. The van der Waals surface area contributed by atoms with Gasteiger partial charge in [0.25, 0.3) is 0 Å². The lowest BCUT2D eigenvalue weighted by molar-refractivity contribution is 1.64. The van der Waals surface area contributed by atoms with Gasteiger partial charge in [0, 0.05) is 0 Å². The van der Waals surface area contributed by atoms with E-state index in [2.05, 4.69) is 58.4 Å². The van der Waals surface area contributed by atoms with E-state index in [4.69, 9.17) is 0 Å². The van der Waals surface area contributed by atoms with E-state index in [9.17, 15) is 0 Å². The molecule has 0 radical (unpaired) electrons. The number of aliphatic imine (C=N–C) groups is 1. The molecule has 0 saturated carbocycles. The summed E-state index contributed by atoms with van der Waals surface area (Å²) < 4.78 is 0. The van der Waals surface area contributed by atoms with Crippen LogP contribution in [-0.4, -0.2) is 6.72 Å². The van der Waals surface area contributed by atoms with Crippen LogP contribution in [0.15, 0.2) is 57.9 Å². The SMILES string of the molecule is C=C=C=C=C=C=C=C=CN=C. The fourth-order valence-electron chi connectivity index (χ4n) is 0.252. The Morgan fingerprint density at radius 1 is 1.00 bits per heavy atom. The summed E-state index contributed by atoms with van der Waals surface area (Å²) in [5.74, 6) is 0. The molecule has 0 atom stereocenters. The lowest BCUT2D eigenvalue weighted by Crippen LogP contribution is -1.33. The summed E-state index contributed by atoms with van der Waals surface area (Å²) in [5.41, 5.74) is 17.3. The van der Waals surface area contributed by atoms with Crippen LogP contribution in [0.25, 0.3) is 0 Å². The van der Waals surface area contributed by atoms with Crippen molar-refractivity contribution in [3.05, 3.63) is 52.9 Å². The Morgan fingerprint density at radius 2 is 1.64 bits per heavy atom. The highest BCUT2D eigenvalue weighted by Gasteiger charge is 1.42. The van der Waals surface area contributed by atoms with E-state index in [1.54, 1.807) is 0 Å². The maximum absolute atomic E-state index is 3.39. The number of nitrogens with zero attached hydrogens (tertiary/aromatic N) is 1. The highest BCUT2D eigenvalue weighted by atomic mass is 14.6. The molecule has 0 aromatic heterocycles. The zero-order chi connectivity index (χ0) is 8.36. The summed E-state index contributed by atoms with van der Waals surface area (Å²) in [7, 11) is 0. The van der Waals surface area contributed by atoms with E-state index in [1.165, 1.54) is 6.20 Å². The van der Waals surface area contributed by atoms with Crippen LogP contribution < -0.4 is 0 Å². The third kappa shape index (κ3) is 7.87. The van der Waals surface area contributed by atoms with Gasteiger partial charge in [-0.15, -0.1) is 0 Å². The minimum Gasteiger partial charge on any atom is -0.263 e. The predicted octanol–water partition coefficient (Wildman–Crippen LogP) is 1.92. The van der Waals surface area contributed by atoms with Crippen LogP contribution in [0.3, 0.4) is 0 Å². The standard InChI is InChI=1S/C10H5N/c1-3-4-5-6-7-8-9-10-11-2/h10H,1-2H2. The second-order valence-electron chi connectivity index (χ2n) is 1.26. The van der Waals surface area contributed by atoms with Gasteiger partial charge in [-0.25, -0.2) is 0 Å². The predicted molar refractivity (Wildman–Crippen MR) is 44.3 cm³/mol. The van der Waals surface area contributed by atoms with Crippen molar-refractivity contribution in [1.82, 2.24) is 0 Å². The van der Waals surface area contributed by atoms with Crippen LogP contribution in [0.5, 0.6) is 0 Å². The Labute approximate surface area is 65.4 Å². The van der Waals surface area contributed by atoms with Gasteiger partial charge < -0.3 is 0 Å². The van der Waals surface area contributed by atoms with E-state index < -0.39 is 0 Å². The van der Waals surface area contributed by atoms with Crippen molar-refractivity contribution in [3.63, 3.8) is 0 Å². The van der Waals surface area contributed by atoms with E-state index in [0.29, 0.717) is 0 Å². The first kappa shape index (κ1) is 8.87. The molecule has 0 aromatic carbocycles. The Bertz CT molecular complexity index is 384. The van der Waals surface area contributed by atoms with Crippen LogP contribution >= 0.6 is 0 Å². The van der Waals surface area contributed by atoms with Gasteiger partial charge in [-0.05, 0) is 47.7 Å². The zero-order valence-corrected chi connectivity index (χ0v) is 5.94. The lowest BCUT2D eigenvalue weighted by Gasteiger charge is -1.52. The van der Waals surface area contributed by atoms with E-state index in [0.717, 1.165) is 0 Å². The quantitative estimate of drug-likeness (QED) is 0.388. The smallest absolute Gasteiger partial charge is 0.0769 e. The second-order valence-corrected chi connectivity index (χ2v) is 1.26. The largest absolute Gasteiger partial charge is 0.263 e. The van der Waals surface area contributed by atoms with Gasteiger partial charge >= 0.3 is 0 Å². The summed E-state index contributed by atoms with van der Waals surface area (Å²) >= 11 is 0. The molecule has 0 heterocycles. The van der Waals surface area contributed by atoms with Gasteiger partial charge in [0.1, 0.15) is 0 Å². The molecule has 0 saturated heterocycles. The molecule has 0 fully saturated rings. The molecule has 0 aliphatic heterocycles. The fourth-order valence-corrected chi connectivity index (χ4v) is 0.252. The minimum atomic E-state index is 1.36. The Hall–Kier alpha value is -2.13. The molecule has 0 aromatic rings. The molecular weight excluding hydrogens is 134 g/mol. The highest BCUT2D eigenvalue weighted by molar-refractivity contribution is 5.25. The van der Waals surface area contributed by atoms with E-state index in [-0.39, 0.29) is 0 Å². The normalized spacial score (nSPS) is 4.36. The molecule has 0 aliphatic carbocycles. The first-order valence-corrected chi connectivity index (χ1v) is 2.72. The first-order chi connectivity index (χ1) is 5.41. The van der Waals surface area contributed by atoms with Gasteiger partial charge in [0.05, 0.1) is 6.20 Å². The van der Waals surface area contributed by atoms with Crippen molar-refractivity contribution >= 4 is 6.72 Å². The molecule has 1 nitrogen and oxygen atoms in total. The molecule has 0 bridgehead atoms. The molecule has 0 rings (SSSR count). The second kappa shape index (κ2) is 7.87. The van der Waals surface area contributed by atoms with Gasteiger partial charge in [0.15, 0.2) is 0 Å². The summed E-state index contributed by atoms with van der Waals surface area (Å²) in [6, 6.07) is 0. The van der Waals surface area contributed by atoms with Crippen LogP contribution in [0, 0.1) is 0 Å². The third-order valence-electron chi connectivity index (χ3n) is 0.566. The number of hydrogen-bond donors (Lipinski definition) is 0. The van der Waals surface area contributed by atoms with Crippen LogP contribution in [0.4, 0.5) is 0 Å². The molecule has 0 spiro atoms. The first-order valence-electron chi connectivity index (χ1n) is 2.72. The monoisotopic (exact) mass is 139 g/mol. The highest BCUT2D eigenvalue weighted by Crippen LogP contribution is 1.60. The van der Waals surface area contributed by atoms with E-state index in [1.807, 2.05) is 0 Å². The molecule has 1 heteroatoms. The van der Waals surface area contributed by atoms with Gasteiger partial charge in [-0.2, -0.15) is 0 Å². The van der Waals surface area contributed by atoms with Crippen molar-refractivity contribution in [2.45, 2.75) is 0 Å². The van der Waals surface area contributed by atoms with Crippen LogP contribution in [0.1, 0.15) is 0 Å². The molecule has 0 N–H and O–H groups in total. The van der Waals surface area contributed by atoms with Gasteiger partial charge in [0.2, 0.25) is 0 Å². The van der Waals surface area contributed by atoms with Gasteiger partial charge in [-0.1, -0.05) is 5.73 Å². The van der Waals surface area contributed by atoms with Gasteiger partial charge in [-0.3, -0.25) is 4.99 Å². The average molecular weight is 139 g/mol. The number of rotatable bonds is 1. The fraction of sp³-hybridized carbons (Fsp3) is 0. The van der Waals surface area contributed by atoms with Crippen LogP contribution in [0.2, 0.25) is 0 Å². The molecule has 0 unspecified atom stereocenters. The van der Waals surface area contributed by atoms with Crippen molar-refractivity contribution in [2.75, 3.05) is 0 Å². The zero-order valence-electron chi connectivity index (χ0n) is 5.94. The van der Waals surface area contributed by atoms with Crippen LogP contribution in [-0.2, 0) is 0 Å². The van der Waals surface area contributed by atoms with Crippen molar-refractivity contribution < 1.29 is 0 Å². The van der Waals surface area contributed by atoms with E-state index >= 15 is 0 Å². The molecular formula is C10H5N. The summed E-state index contributed by atoms with van der Waals surface area (Å²) in [5, 5.41) is 0. The number of hydrogen-bond acceptors (Lipinski definition) is 1. The summed E-state index contributed by atoms with van der Waals surface area (Å²) in [4.78, 5) is 3.39. The Morgan fingerprint density at radius 3 is 2.27 bits per heavy atom. The molecule has 11 heavy (non-hydrogen) atoms. The molecule has 0 aliphatic rings. The van der Waals surface area contributed by atoms with Crippen molar-refractivity contribution in [3.8, 4) is 0 Å². The van der Waals surface area contributed by atoms with Crippen molar-refractivity contribution in [2.24, 2.45) is 4.99 Å². The minimum absolute atomic E-state index is 1.36. The van der Waals surface area contributed by atoms with Crippen molar-refractivity contribution in [1.29, 1.82) is 0 Å². The topological polar surface area (TPSA) is 12.4 Å². The maximum atomic E-state index is 3.39. The third-order valence-corrected chi connectivity index (χ3v) is 0.566. The molecule has 0 amide bonds.